The second-order valence-electron chi connectivity index (χ2n) is 3.13. The molecular weight excluding hydrogens is 178 g/mol. The SMILES string of the molecule is CCc1cnc(N(C)CCOC)cn1. The number of hydrogen-bond acceptors (Lipinski definition) is 4. The lowest BCUT2D eigenvalue weighted by Crippen LogP contribution is -2.23. The summed E-state index contributed by atoms with van der Waals surface area (Å²) in [7, 11) is 3.67. The van der Waals surface area contributed by atoms with Crippen LogP contribution in [0.3, 0.4) is 0 Å². The number of rotatable bonds is 5. The molecule has 1 heterocycles. The average Bonchev–Trinajstić information content (AvgIpc) is 2.26. The van der Waals surface area contributed by atoms with Gasteiger partial charge in [-0.1, -0.05) is 6.92 Å². The quantitative estimate of drug-likeness (QED) is 0.705. The molecule has 0 aliphatic heterocycles. The van der Waals surface area contributed by atoms with Crippen LogP contribution in [0.2, 0.25) is 0 Å². The summed E-state index contributed by atoms with van der Waals surface area (Å²) in [4.78, 5) is 10.6. The summed E-state index contributed by atoms with van der Waals surface area (Å²) >= 11 is 0. The Morgan fingerprint density at radius 3 is 2.64 bits per heavy atom. The van der Waals surface area contributed by atoms with Crippen LogP contribution in [0.25, 0.3) is 0 Å². The largest absolute Gasteiger partial charge is 0.383 e. The number of hydrogen-bond donors (Lipinski definition) is 0. The molecular formula is C10H17N3O. The molecule has 0 bridgehead atoms. The molecule has 0 amide bonds. The van der Waals surface area contributed by atoms with E-state index in [0.717, 1.165) is 24.5 Å². The van der Waals surface area contributed by atoms with E-state index in [4.69, 9.17) is 4.74 Å². The number of aryl methyl sites for hydroxylation is 1. The first-order valence-electron chi connectivity index (χ1n) is 4.79. The van der Waals surface area contributed by atoms with Crippen LogP contribution < -0.4 is 4.90 Å². The van der Waals surface area contributed by atoms with Crippen LogP contribution in [0, 0.1) is 0 Å². The second-order valence-corrected chi connectivity index (χ2v) is 3.13. The molecule has 0 radical (unpaired) electrons. The summed E-state index contributed by atoms with van der Waals surface area (Å²) in [6.07, 6.45) is 4.54. The third-order valence-corrected chi connectivity index (χ3v) is 2.08. The maximum atomic E-state index is 4.99. The highest BCUT2D eigenvalue weighted by molar-refractivity contribution is 5.34. The number of aromatic nitrogens is 2. The normalized spacial score (nSPS) is 10.2. The zero-order valence-corrected chi connectivity index (χ0v) is 9.03. The molecule has 14 heavy (non-hydrogen) atoms. The van der Waals surface area contributed by atoms with Crippen LogP contribution in [0.4, 0.5) is 5.82 Å². The summed E-state index contributed by atoms with van der Waals surface area (Å²) in [6, 6.07) is 0. The fourth-order valence-electron chi connectivity index (χ4n) is 1.07. The van der Waals surface area contributed by atoms with Gasteiger partial charge < -0.3 is 9.64 Å². The highest BCUT2D eigenvalue weighted by Crippen LogP contribution is 2.06. The van der Waals surface area contributed by atoms with Crippen LogP contribution in [0.15, 0.2) is 12.4 Å². The number of ether oxygens (including phenoxy) is 1. The molecule has 4 heteroatoms. The molecule has 0 saturated carbocycles. The van der Waals surface area contributed by atoms with Gasteiger partial charge in [0.05, 0.1) is 24.7 Å². The minimum absolute atomic E-state index is 0.702. The van der Waals surface area contributed by atoms with Gasteiger partial charge in [-0.15, -0.1) is 0 Å². The van der Waals surface area contributed by atoms with E-state index in [-0.39, 0.29) is 0 Å². The van der Waals surface area contributed by atoms with Crippen molar-refractivity contribution in [3.63, 3.8) is 0 Å². The van der Waals surface area contributed by atoms with E-state index in [1.807, 2.05) is 18.1 Å². The van der Waals surface area contributed by atoms with Gasteiger partial charge in [-0.05, 0) is 6.42 Å². The predicted molar refractivity (Wildman–Crippen MR) is 56.6 cm³/mol. The summed E-state index contributed by atoms with van der Waals surface area (Å²) in [5.74, 6) is 0.888. The number of anilines is 1. The molecule has 0 atom stereocenters. The van der Waals surface area contributed by atoms with Gasteiger partial charge in [-0.25, -0.2) is 4.98 Å². The van der Waals surface area contributed by atoms with Gasteiger partial charge in [-0.3, -0.25) is 4.98 Å². The van der Waals surface area contributed by atoms with Crippen molar-refractivity contribution in [2.75, 3.05) is 32.2 Å². The van der Waals surface area contributed by atoms with E-state index >= 15 is 0 Å². The Hall–Kier alpha value is -1.16. The number of nitrogens with zero attached hydrogens (tertiary/aromatic N) is 3. The van der Waals surface area contributed by atoms with Gasteiger partial charge >= 0.3 is 0 Å². The van der Waals surface area contributed by atoms with E-state index in [9.17, 15) is 0 Å². The zero-order chi connectivity index (χ0) is 10.4. The van der Waals surface area contributed by atoms with Crippen LogP contribution in [0.1, 0.15) is 12.6 Å². The van der Waals surface area contributed by atoms with Crippen molar-refractivity contribution in [2.24, 2.45) is 0 Å². The molecule has 1 aromatic rings. The van der Waals surface area contributed by atoms with Crippen LogP contribution >= 0.6 is 0 Å². The molecule has 1 rings (SSSR count). The first-order valence-corrected chi connectivity index (χ1v) is 4.79. The summed E-state index contributed by atoms with van der Waals surface area (Å²) in [5.41, 5.74) is 1.02. The third-order valence-electron chi connectivity index (χ3n) is 2.08. The van der Waals surface area contributed by atoms with Gasteiger partial charge in [0.25, 0.3) is 0 Å². The molecule has 0 saturated heterocycles. The van der Waals surface area contributed by atoms with E-state index in [1.165, 1.54) is 0 Å². The molecule has 0 aliphatic rings. The molecule has 0 N–H and O–H groups in total. The maximum Gasteiger partial charge on any atom is 0.146 e. The highest BCUT2D eigenvalue weighted by Gasteiger charge is 2.01. The molecule has 0 fully saturated rings. The Labute approximate surface area is 84.9 Å². The standard InChI is InChI=1S/C10H17N3O/c1-4-9-7-12-10(8-11-9)13(2)5-6-14-3/h7-8H,4-6H2,1-3H3. The first-order chi connectivity index (χ1) is 6.77. The summed E-state index contributed by atoms with van der Waals surface area (Å²) < 4.78 is 4.99. The molecule has 0 aliphatic carbocycles. The Morgan fingerprint density at radius 2 is 2.14 bits per heavy atom. The third kappa shape index (κ3) is 2.96. The fraction of sp³-hybridized carbons (Fsp3) is 0.600. The maximum absolute atomic E-state index is 4.99. The molecule has 4 nitrogen and oxygen atoms in total. The van der Waals surface area contributed by atoms with Crippen molar-refractivity contribution in [1.29, 1.82) is 0 Å². The molecule has 78 valence electrons. The van der Waals surface area contributed by atoms with Crippen molar-refractivity contribution in [2.45, 2.75) is 13.3 Å². The smallest absolute Gasteiger partial charge is 0.146 e. The van der Waals surface area contributed by atoms with Gasteiger partial charge in [0.15, 0.2) is 0 Å². The lowest BCUT2D eigenvalue weighted by atomic mass is 10.3. The minimum Gasteiger partial charge on any atom is -0.383 e. The minimum atomic E-state index is 0.702. The van der Waals surface area contributed by atoms with Crippen LogP contribution in [-0.2, 0) is 11.2 Å². The molecule has 0 aromatic carbocycles. The van der Waals surface area contributed by atoms with Gasteiger partial charge in [0.1, 0.15) is 5.82 Å². The number of likely N-dealkylation sites (N-methyl/N-ethyl adjacent to an activating group) is 1. The Balaban J connectivity index is 2.57. The fourth-order valence-corrected chi connectivity index (χ4v) is 1.07. The topological polar surface area (TPSA) is 38.2 Å². The van der Waals surface area contributed by atoms with Gasteiger partial charge in [0.2, 0.25) is 0 Å². The van der Waals surface area contributed by atoms with E-state index in [0.29, 0.717) is 6.61 Å². The summed E-state index contributed by atoms with van der Waals surface area (Å²) in [6.45, 7) is 3.60. The van der Waals surface area contributed by atoms with Crippen LogP contribution in [0.5, 0.6) is 0 Å². The highest BCUT2D eigenvalue weighted by atomic mass is 16.5. The van der Waals surface area contributed by atoms with Crippen molar-refractivity contribution in [3.8, 4) is 0 Å². The predicted octanol–water partition coefficient (Wildman–Crippen LogP) is 1.12. The van der Waals surface area contributed by atoms with Crippen molar-refractivity contribution >= 4 is 5.82 Å². The molecule has 1 aromatic heterocycles. The van der Waals surface area contributed by atoms with E-state index in [2.05, 4.69) is 16.9 Å². The lowest BCUT2D eigenvalue weighted by Gasteiger charge is -2.16. The number of methoxy groups -OCH3 is 1. The van der Waals surface area contributed by atoms with E-state index in [1.54, 1.807) is 13.3 Å². The average molecular weight is 195 g/mol. The Morgan fingerprint density at radius 1 is 1.36 bits per heavy atom. The first kappa shape index (κ1) is 10.9. The van der Waals surface area contributed by atoms with Gasteiger partial charge in [0, 0.05) is 20.7 Å². The molecule has 0 spiro atoms. The van der Waals surface area contributed by atoms with Crippen molar-refractivity contribution in [1.82, 2.24) is 9.97 Å². The Bertz CT molecular complexity index is 261. The van der Waals surface area contributed by atoms with Crippen molar-refractivity contribution < 1.29 is 4.74 Å². The van der Waals surface area contributed by atoms with Crippen molar-refractivity contribution in [3.05, 3.63) is 18.1 Å². The zero-order valence-electron chi connectivity index (χ0n) is 9.03. The summed E-state index contributed by atoms with van der Waals surface area (Å²) in [5, 5.41) is 0. The Kier molecular flexibility index (Phi) is 4.32. The van der Waals surface area contributed by atoms with Gasteiger partial charge in [-0.2, -0.15) is 0 Å². The molecule has 0 unspecified atom stereocenters. The van der Waals surface area contributed by atoms with E-state index < -0.39 is 0 Å². The monoisotopic (exact) mass is 195 g/mol. The van der Waals surface area contributed by atoms with Crippen LogP contribution in [-0.4, -0.2) is 37.3 Å². The second kappa shape index (κ2) is 5.54. The lowest BCUT2D eigenvalue weighted by molar-refractivity contribution is 0.206.